The van der Waals surface area contributed by atoms with Crippen LogP contribution in [-0.4, -0.2) is 27.0 Å². The van der Waals surface area contributed by atoms with Crippen LogP contribution in [0.3, 0.4) is 0 Å². The van der Waals surface area contributed by atoms with E-state index in [1.54, 1.807) is 7.05 Å². The zero-order valence-corrected chi connectivity index (χ0v) is 11.2. The topological polar surface area (TPSA) is 67.2 Å². The van der Waals surface area contributed by atoms with Crippen LogP contribution >= 0.6 is 11.6 Å². The molecule has 1 saturated carbocycles. The number of anilines is 1. The minimum atomic E-state index is -0.365. The van der Waals surface area contributed by atoms with Gasteiger partial charge in [-0.05, 0) is 12.8 Å². The predicted octanol–water partition coefficient (Wildman–Crippen LogP) is 1.54. The van der Waals surface area contributed by atoms with Gasteiger partial charge >= 0.3 is 0 Å². The largest absolute Gasteiger partial charge is 0.394 e. The van der Waals surface area contributed by atoms with Crippen molar-refractivity contribution in [3.8, 4) is 0 Å². The van der Waals surface area contributed by atoms with Crippen molar-refractivity contribution in [2.24, 2.45) is 7.05 Å². The van der Waals surface area contributed by atoms with Gasteiger partial charge in [0.1, 0.15) is 5.02 Å². The van der Waals surface area contributed by atoms with Gasteiger partial charge in [-0.25, -0.2) is 4.68 Å². The van der Waals surface area contributed by atoms with Crippen LogP contribution < -0.4 is 10.9 Å². The molecule has 0 spiro atoms. The fourth-order valence-corrected chi connectivity index (χ4v) is 2.65. The lowest BCUT2D eigenvalue weighted by Crippen LogP contribution is -2.44. The van der Waals surface area contributed by atoms with E-state index in [1.165, 1.54) is 17.3 Å². The number of hydrogen-bond donors (Lipinski definition) is 2. The Bertz CT molecular complexity index is 481. The summed E-state index contributed by atoms with van der Waals surface area (Å²) in [6.07, 6.45) is 6.64. The second-order valence-corrected chi connectivity index (χ2v) is 5.30. The molecule has 0 saturated heterocycles. The van der Waals surface area contributed by atoms with Gasteiger partial charge in [0.25, 0.3) is 5.56 Å². The summed E-state index contributed by atoms with van der Waals surface area (Å²) in [5, 5.41) is 16.9. The van der Waals surface area contributed by atoms with Gasteiger partial charge in [-0.3, -0.25) is 4.79 Å². The monoisotopic (exact) mass is 271 g/mol. The van der Waals surface area contributed by atoms with Crippen molar-refractivity contribution in [3.63, 3.8) is 0 Å². The fraction of sp³-hybridized carbons (Fsp3) is 0.667. The zero-order valence-electron chi connectivity index (χ0n) is 10.4. The molecule has 1 aliphatic carbocycles. The summed E-state index contributed by atoms with van der Waals surface area (Å²) in [5.74, 6) is 0. The van der Waals surface area contributed by atoms with Crippen molar-refractivity contribution in [2.45, 2.75) is 37.6 Å². The molecule has 2 N–H and O–H groups in total. The average molecular weight is 272 g/mol. The molecule has 0 aromatic carbocycles. The Kier molecular flexibility index (Phi) is 3.92. The molecular formula is C12H18ClN3O2. The van der Waals surface area contributed by atoms with Crippen LogP contribution in [0.25, 0.3) is 0 Å². The summed E-state index contributed by atoms with van der Waals surface area (Å²) in [6, 6.07) is 0. The van der Waals surface area contributed by atoms with Crippen molar-refractivity contribution < 1.29 is 5.11 Å². The summed E-state index contributed by atoms with van der Waals surface area (Å²) < 4.78 is 1.19. The normalized spacial score (nSPS) is 18.6. The molecule has 1 aliphatic rings. The molecule has 0 atom stereocenters. The first-order chi connectivity index (χ1) is 8.58. The Morgan fingerprint density at radius 3 is 2.78 bits per heavy atom. The molecule has 1 fully saturated rings. The van der Waals surface area contributed by atoms with Gasteiger partial charge in [0, 0.05) is 7.05 Å². The van der Waals surface area contributed by atoms with E-state index in [2.05, 4.69) is 10.4 Å². The first-order valence-corrected chi connectivity index (χ1v) is 6.57. The number of aliphatic hydroxyl groups excluding tert-OH is 1. The first-order valence-electron chi connectivity index (χ1n) is 6.19. The van der Waals surface area contributed by atoms with Gasteiger partial charge in [0.15, 0.2) is 0 Å². The fourth-order valence-electron chi connectivity index (χ4n) is 2.43. The van der Waals surface area contributed by atoms with Crippen LogP contribution in [0.1, 0.15) is 32.1 Å². The van der Waals surface area contributed by atoms with E-state index < -0.39 is 0 Å². The quantitative estimate of drug-likeness (QED) is 0.875. The lowest BCUT2D eigenvalue weighted by molar-refractivity contribution is 0.173. The molecule has 1 aromatic heterocycles. The van der Waals surface area contributed by atoms with Crippen LogP contribution in [0.5, 0.6) is 0 Å². The summed E-state index contributed by atoms with van der Waals surface area (Å²) >= 11 is 6.02. The Hall–Kier alpha value is -1.07. The molecule has 0 radical (unpaired) electrons. The maximum absolute atomic E-state index is 11.7. The molecule has 1 heterocycles. The lowest BCUT2D eigenvalue weighted by atomic mass is 9.82. The molecule has 5 nitrogen and oxygen atoms in total. The number of aliphatic hydroxyl groups is 1. The zero-order chi connectivity index (χ0) is 13.2. The Morgan fingerprint density at radius 2 is 2.17 bits per heavy atom. The highest BCUT2D eigenvalue weighted by atomic mass is 35.5. The molecule has 0 aliphatic heterocycles. The van der Waals surface area contributed by atoms with E-state index in [0.29, 0.717) is 5.69 Å². The van der Waals surface area contributed by atoms with Crippen molar-refractivity contribution in [1.82, 2.24) is 9.78 Å². The van der Waals surface area contributed by atoms with Gasteiger partial charge in [0.2, 0.25) is 0 Å². The van der Waals surface area contributed by atoms with Gasteiger partial charge in [0.05, 0.1) is 24.0 Å². The number of hydrogen-bond acceptors (Lipinski definition) is 4. The molecule has 0 unspecified atom stereocenters. The minimum absolute atomic E-state index is 0.0402. The molecule has 0 amide bonds. The average Bonchev–Trinajstić information content (AvgIpc) is 2.41. The van der Waals surface area contributed by atoms with Crippen LogP contribution in [0.2, 0.25) is 5.02 Å². The summed E-state index contributed by atoms with van der Waals surface area (Å²) in [4.78, 5) is 11.7. The van der Waals surface area contributed by atoms with E-state index >= 15 is 0 Å². The molecular weight excluding hydrogens is 254 g/mol. The van der Waals surface area contributed by atoms with E-state index in [4.69, 9.17) is 11.6 Å². The lowest BCUT2D eigenvalue weighted by Gasteiger charge is -2.37. The molecule has 100 valence electrons. The number of aryl methyl sites for hydroxylation is 1. The Labute approximate surface area is 111 Å². The van der Waals surface area contributed by atoms with Crippen LogP contribution in [0.4, 0.5) is 5.69 Å². The van der Waals surface area contributed by atoms with Crippen molar-refractivity contribution in [1.29, 1.82) is 0 Å². The highest BCUT2D eigenvalue weighted by Gasteiger charge is 2.32. The van der Waals surface area contributed by atoms with Crippen LogP contribution in [-0.2, 0) is 7.05 Å². The van der Waals surface area contributed by atoms with Crippen LogP contribution in [0, 0.1) is 0 Å². The third-order valence-corrected chi connectivity index (χ3v) is 3.96. The number of nitrogens with zero attached hydrogens (tertiary/aromatic N) is 2. The second kappa shape index (κ2) is 5.28. The number of aromatic nitrogens is 2. The molecule has 2 rings (SSSR count). The maximum atomic E-state index is 11.7. The highest BCUT2D eigenvalue weighted by Crippen LogP contribution is 2.32. The standard InChI is InChI=1S/C12H18ClN3O2/c1-16-11(18)10(13)9(7-14-16)15-12(8-17)5-3-2-4-6-12/h7,15,17H,2-6,8H2,1H3. The van der Waals surface area contributed by atoms with E-state index in [0.717, 1.165) is 25.7 Å². The van der Waals surface area contributed by atoms with Crippen LogP contribution in [0.15, 0.2) is 11.0 Å². The molecule has 1 aromatic rings. The number of halogens is 1. The van der Waals surface area contributed by atoms with Crippen molar-refractivity contribution >= 4 is 17.3 Å². The Morgan fingerprint density at radius 1 is 1.50 bits per heavy atom. The summed E-state index contributed by atoms with van der Waals surface area (Å²) in [6.45, 7) is 0.0402. The van der Waals surface area contributed by atoms with Gasteiger partial charge in [-0.2, -0.15) is 5.10 Å². The molecule has 0 bridgehead atoms. The second-order valence-electron chi connectivity index (χ2n) is 4.93. The predicted molar refractivity (Wildman–Crippen MR) is 71.0 cm³/mol. The van der Waals surface area contributed by atoms with Gasteiger partial charge < -0.3 is 10.4 Å². The van der Waals surface area contributed by atoms with Crippen molar-refractivity contribution in [3.05, 3.63) is 21.6 Å². The molecule has 18 heavy (non-hydrogen) atoms. The maximum Gasteiger partial charge on any atom is 0.287 e. The number of nitrogens with one attached hydrogen (secondary N) is 1. The Balaban J connectivity index is 2.27. The van der Waals surface area contributed by atoms with Gasteiger partial charge in [-0.1, -0.05) is 30.9 Å². The van der Waals surface area contributed by atoms with E-state index in [9.17, 15) is 9.90 Å². The van der Waals surface area contributed by atoms with E-state index in [1.807, 2.05) is 0 Å². The first kappa shape index (κ1) is 13.4. The summed E-state index contributed by atoms with van der Waals surface area (Å²) in [7, 11) is 1.56. The van der Waals surface area contributed by atoms with Crippen molar-refractivity contribution in [2.75, 3.05) is 11.9 Å². The third kappa shape index (κ3) is 2.52. The van der Waals surface area contributed by atoms with E-state index in [-0.39, 0.29) is 22.7 Å². The third-order valence-electron chi connectivity index (χ3n) is 3.59. The minimum Gasteiger partial charge on any atom is -0.394 e. The smallest absolute Gasteiger partial charge is 0.287 e. The highest BCUT2D eigenvalue weighted by molar-refractivity contribution is 6.32. The van der Waals surface area contributed by atoms with Gasteiger partial charge in [-0.15, -0.1) is 0 Å². The SMILES string of the molecule is Cn1ncc(NC2(CO)CCCCC2)c(Cl)c1=O. The summed E-state index contributed by atoms with van der Waals surface area (Å²) in [5.41, 5.74) is -0.183. The molecule has 6 heteroatoms. The number of rotatable bonds is 3.